The van der Waals surface area contributed by atoms with Gasteiger partial charge in [0.2, 0.25) is 0 Å². The van der Waals surface area contributed by atoms with E-state index >= 15 is 0 Å². The molecule has 1 aliphatic rings. The second-order valence-electron chi connectivity index (χ2n) is 4.77. The third-order valence-electron chi connectivity index (χ3n) is 3.15. The van der Waals surface area contributed by atoms with E-state index in [0.717, 1.165) is 27.8 Å². The van der Waals surface area contributed by atoms with Crippen molar-refractivity contribution < 1.29 is 9.59 Å². The number of rotatable bonds is 3. The average Bonchev–Trinajstić information content (AvgIpc) is 3.06. The Hall–Kier alpha value is -1.85. The summed E-state index contributed by atoms with van der Waals surface area (Å²) in [5.41, 5.74) is 2.12. The van der Waals surface area contributed by atoms with Gasteiger partial charge in [-0.1, -0.05) is 35.9 Å². The van der Waals surface area contributed by atoms with Crippen molar-refractivity contribution in [2.24, 2.45) is 0 Å². The van der Waals surface area contributed by atoms with Crippen molar-refractivity contribution in [2.75, 3.05) is 0 Å². The first-order chi connectivity index (χ1) is 10.1. The molecule has 1 saturated heterocycles. The summed E-state index contributed by atoms with van der Waals surface area (Å²) in [4.78, 5) is 27.1. The van der Waals surface area contributed by atoms with Crippen LogP contribution < -0.4 is 0 Å². The van der Waals surface area contributed by atoms with Crippen molar-refractivity contribution in [1.29, 1.82) is 0 Å². The first-order valence-electron chi connectivity index (χ1n) is 6.48. The molecule has 3 nitrogen and oxygen atoms in total. The largest absolute Gasteiger partial charge is 0.293 e. The fraction of sp³-hybridized carbons (Fsp3) is 0.125. The fourth-order valence-corrected chi connectivity index (χ4v) is 3.58. The highest BCUT2D eigenvalue weighted by atomic mass is 32.2. The summed E-state index contributed by atoms with van der Waals surface area (Å²) in [5.74, 6) is -0.209. The van der Waals surface area contributed by atoms with Crippen LogP contribution in [-0.4, -0.2) is 16.0 Å². The van der Waals surface area contributed by atoms with Crippen molar-refractivity contribution >= 4 is 40.3 Å². The molecule has 0 bridgehead atoms. The smallest absolute Gasteiger partial charge is 0.268 e. The Morgan fingerprint density at radius 1 is 1.14 bits per heavy atom. The molecule has 1 aromatic heterocycles. The number of thioether (sulfide) groups is 1. The normalized spacial score (nSPS) is 17.0. The number of thiophene rings is 1. The van der Waals surface area contributed by atoms with Crippen molar-refractivity contribution in [3.05, 3.63) is 62.7 Å². The number of hydrogen-bond acceptors (Lipinski definition) is 4. The van der Waals surface area contributed by atoms with E-state index in [9.17, 15) is 9.59 Å². The second kappa shape index (κ2) is 5.87. The lowest BCUT2D eigenvalue weighted by atomic mass is 10.1. The summed E-state index contributed by atoms with van der Waals surface area (Å²) in [6, 6.07) is 11.7. The topological polar surface area (TPSA) is 37.4 Å². The van der Waals surface area contributed by atoms with E-state index in [4.69, 9.17) is 0 Å². The Balaban J connectivity index is 1.79. The van der Waals surface area contributed by atoms with Crippen LogP contribution in [0.4, 0.5) is 4.79 Å². The molecule has 1 aromatic carbocycles. The molecule has 1 fully saturated rings. The van der Waals surface area contributed by atoms with Crippen molar-refractivity contribution in [3.8, 4) is 0 Å². The van der Waals surface area contributed by atoms with E-state index in [0.29, 0.717) is 11.4 Å². The van der Waals surface area contributed by atoms with Gasteiger partial charge in [0.15, 0.2) is 0 Å². The maximum Gasteiger partial charge on any atom is 0.293 e. The maximum atomic E-state index is 12.3. The molecule has 0 spiro atoms. The van der Waals surface area contributed by atoms with Gasteiger partial charge in [-0.15, -0.1) is 11.3 Å². The SMILES string of the molecule is Cc1ccc(CN2C(=O)S/C(=C/c3cccs3)C2=O)cc1. The average molecular weight is 315 g/mol. The molecule has 0 N–H and O–H groups in total. The standard InChI is InChI=1S/C16H13NO2S2/c1-11-4-6-12(7-5-11)10-17-15(18)14(21-16(17)19)9-13-3-2-8-20-13/h2-9H,10H2,1H3/b14-9+. The minimum Gasteiger partial charge on any atom is -0.268 e. The Labute approximate surface area is 131 Å². The van der Waals surface area contributed by atoms with E-state index in [1.165, 1.54) is 4.90 Å². The second-order valence-corrected chi connectivity index (χ2v) is 6.74. The Morgan fingerprint density at radius 2 is 1.90 bits per heavy atom. The molecular weight excluding hydrogens is 302 g/mol. The molecule has 5 heteroatoms. The van der Waals surface area contributed by atoms with Gasteiger partial charge in [-0.3, -0.25) is 14.5 Å². The van der Waals surface area contributed by atoms with Crippen LogP contribution in [0.25, 0.3) is 6.08 Å². The summed E-state index contributed by atoms with van der Waals surface area (Å²) in [6.45, 7) is 2.33. The number of benzene rings is 1. The van der Waals surface area contributed by atoms with Crippen molar-refractivity contribution in [1.82, 2.24) is 4.90 Å². The molecule has 1 aliphatic heterocycles. The first-order valence-corrected chi connectivity index (χ1v) is 8.17. The number of hydrogen-bond donors (Lipinski definition) is 0. The van der Waals surface area contributed by atoms with Gasteiger partial charge in [-0.2, -0.15) is 0 Å². The van der Waals surface area contributed by atoms with Gasteiger partial charge >= 0.3 is 0 Å². The van der Waals surface area contributed by atoms with Crippen molar-refractivity contribution in [3.63, 3.8) is 0 Å². The van der Waals surface area contributed by atoms with Gasteiger partial charge in [0.1, 0.15) is 0 Å². The van der Waals surface area contributed by atoms with Crippen LogP contribution in [0, 0.1) is 6.92 Å². The predicted octanol–water partition coefficient (Wildman–Crippen LogP) is 4.29. The molecule has 2 amide bonds. The van der Waals surface area contributed by atoms with Crippen LogP contribution in [0.2, 0.25) is 0 Å². The van der Waals surface area contributed by atoms with Gasteiger partial charge in [0.25, 0.3) is 11.1 Å². The lowest BCUT2D eigenvalue weighted by Crippen LogP contribution is -2.27. The van der Waals surface area contributed by atoms with E-state index in [1.54, 1.807) is 17.4 Å². The lowest BCUT2D eigenvalue weighted by Gasteiger charge is -2.12. The summed E-state index contributed by atoms with van der Waals surface area (Å²) < 4.78 is 0. The lowest BCUT2D eigenvalue weighted by molar-refractivity contribution is -0.123. The van der Waals surface area contributed by atoms with E-state index < -0.39 is 0 Å². The summed E-state index contributed by atoms with van der Waals surface area (Å²) in [7, 11) is 0. The van der Waals surface area contributed by atoms with Gasteiger partial charge in [-0.05, 0) is 41.8 Å². The zero-order valence-corrected chi connectivity index (χ0v) is 13.0. The molecule has 0 unspecified atom stereocenters. The Kier molecular flexibility index (Phi) is 3.94. The van der Waals surface area contributed by atoms with Crippen molar-refractivity contribution in [2.45, 2.75) is 13.5 Å². The number of amides is 2. The molecule has 2 heterocycles. The summed E-state index contributed by atoms with van der Waals surface area (Å²) >= 11 is 2.56. The molecule has 0 radical (unpaired) electrons. The third-order valence-corrected chi connectivity index (χ3v) is 4.88. The van der Waals surface area contributed by atoms with Crippen LogP contribution in [-0.2, 0) is 11.3 Å². The van der Waals surface area contributed by atoms with Crippen LogP contribution >= 0.6 is 23.1 Å². The summed E-state index contributed by atoms with van der Waals surface area (Å²) in [5, 5.41) is 1.74. The Morgan fingerprint density at radius 3 is 2.57 bits per heavy atom. The first kappa shape index (κ1) is 14.1. The van der Waals surface area contributed by atoms with E-state index in [-0.39, 0.29) is 11.1 Å². The quantitative estimate of drug-likeness (QED) is 0.793. The molecule has 2 aromatic rings. The fourth-order valence-electron chi connectivity index (χ4n) is 2.01. The molecular formula is C16H13NO2S2. The molecule has 0 saturated carbocycles. The van der Waals surface area contributed by atoms with Crippen LogP contribution in [0.15, 0.2) is 46.7 Å². The predicted molar refractivity (Wildman–Crippen MR) is 87.0 cm³/mol. The maximum absolute atomic E-state index is 12.3. The highest BCUT2D eigenvalue weighted by Crippen LogP contribution is 2.33. The zero-order chi connectivity index (χ0) is 14.8. The van der Waals surface area contributed by atoms with E-state index in [2.05, 4.69) is 0 Å². The highest BCUT2D eigenvalue weighted by Gasteiger charge is 2.34. The van der Waals surface area contributed by atoms with Gasteiger partial charge in [-0.25, -0.2) is 0 Å². The molecule has 0 atom stereocenters. The molecule has 0 aliphatic carbocycles. The summed E-state index contributed by atoms with van der Waals surface area (Å²) in [6.07, 6.45) is 1.78. The number of nitrogens with zero attached hydrogens (tertiary/aromatic N) is 1. The number of imide groups is 1. The number of carbonyl (C=O) groups excluding carboxylic acids is 2. The number of carbonyl (C=O) groups is 2. The Bertz CT molecular complexity index is 702. The van der Waals surface area contributed by atoms with Crippen LogP contribution in [0.1, 0.15) is 16.0 Å². The number of aryl methyl sites for hydroxylation is 1. The zero-order valence-electron chi connectivity index (χ0n) is 11.4. The minimum atomic E-state index is -0.209. The molecule has 106 valence electrons. The monoisotopic (exact) mass is 315 g/mol. The van der Waals surface area contributed by atoms with E-state index in [1.807, 2.05) is 48.7 Å². The molecule has 3 rings (SSSR count). The van der Waals surface area contributed by atoms with Gasteiger partial charge in [0, 0.05) is 4.88 Å². The van der Waals surface area contributed by atoms with Gasteiger partial charge in [0.05, 0.1) is 11.4 Å². The highest BCUT2D eigenvalue weighted by molar-refractivity contribution is 8.18. The minimum absolute atomic E-state index is 0.205. The van der Waals surface area contributed by atoms with Crippen LogP contribution in [0.3, 0.4) is 0 Å². The molecule has 21 heavy (non-hydrogen) atoms. The van der Waals surface area contributed by atoms with Gasteiger partial charge < -0.3 is 0 Å². The third kappa shape index (κ3) is 3.09. The van der Waals surface area contributed by atoms with Crippen LogP contribution in [0.5, 0.6) is 0 Å².